The van der Waals surface area contributed by atoms with Crippen molar-refractivity contribution in [2.75, 3.05) is 0 Å². The highest BCUT2D eigenvalue weighted by Gasteiger charge is 2.29. The van der Waals surface area contributed by atoms with Gasteiger partial charge in [-0.15, -0.1) is 0 Å². The lowest BCUT2D eigenvalue weighted by Crippen LogP contribution is -2.16. The van der Waals surface area contributed by atoms with E-state index in [0.29, 0.717) is 5.92 Å². The van der Waals surface area contributed by atoms with Crippen molar-refractivity contribution in [3.63, 3.8) is 0 Å². The van der Waals surface area contributed by atoms with Crippen LogP contribution in [0.3, 0.4) is 0 Å². The van der Waals surface area contributed by atoms with Crippen molar-refractivity contribution in [3.8, 4) is 0 Å². The van der Waals surface area contributed by atoms with Crippen molar-refractivity contribution in [1.82, 2.24) is 0 Å². The summed E-state index contributed by atoms with van der Waals surface area (Å²) in [6, 6.07) is 0. The zero-order chi connectivity index (χ0) is 7.65. The molecule has 0 saturated carbocycles. The van der Waals surface area contributed by atoms with Gasteiger partial charge in [0, 0.05) is 5.92 Å². The van der Waals surface area contributed by atoms with Crippen molar-refractivity contribution in [1.29, 1.82) is 0 Å². The standard InChI is InChI=1S/C6H10Br3/c1-4(2)5(3)6(7,8)9/h4H,1-3H3. The molecule has 0 atom stereocenters. The van der Waals surface area contributed by atoms with Crippen LogP contribution in [0.25, 0.3) is 0 Å². The van der Waals surface area contributed by atoms with E-state index in [-0.39, 0.29) is 2.14 Å². The maximum absolute atomic E-state index is 3.44. The first-order valence-electron chi connectivity index (χ1n) is 2.76. The molecule has 0 unspecified atom stereocenters. The molecular formula is C6H10Br3. The lowest BCUT2D eigenvalue weighted by Gasteiger charge is -2.23. The largest absolute Gasteiger partial charge is 0.141 e. The molecule has 0 spiro atoms. The van der Waals surface area contributed by atoms with Gasteiger partial charge in [0.15, 0.2) is 0 Å². The Balaban J connectivity index is 3.88. The molecule has 0 aromatic heterocycles. The Morgan fingerprint density at radius 3 is 1.56 bits per heavy atom. The molecule has 0 aliphatic carbocycles. The van der Waals surface area contributed by atoms with E-state index in [1.807, 2.05) is 0 Å². The van der Waals surface area contributed by atoms with Crippen molar-refractivity contribution in [3.05, 3.63) is 5.92 Å². The summed E-state index contributed by atoms with van der Waals surface area (Å²) in [6.45, 7) is 6.42. The van der Waals surface area contributed by atoms with Gasteiger partial charge in [-0.25, -0.2) is 0 Å². The summed E-state index contributed by atoms with van der Waals surface area (Å²) in [6.07, 6.45) is 0. The van der Waals surface area contributed by atoms with Gasteiger partial charge in [0.25, 0.3) is 0 Å². The number of alkyl halides is 3. The van der Waals surface area contributed by atoms with Crippen LogP contribution in [0, 0.1) is 11.8 Å². The zero-order valence-electron chi connectivity index (χ0n) is 5.71. The second-order valence-electron chi connectivity index (χ2n) is 2.34. The third kappa shape index (κ3) is 3.99. The van der Waals surface area contributed by atoms with E-state index >= 15 is 0 Å². The van der Waals surface area contributed by atoms with Gasteiger partial charge in [-0.3, -0.25) is 0 Å². The molecule has 0 rings (SSSR count). The highest BCUT2D eigenvalue weighted by atomic mass is 80.0. The molecular weight excluding hydrogens is 312 g/mol. The Labute approximate surface area is 82.2 Å². The predicted octanol–water partition coefficient (Wildman–Crippen LogP) is 4.08. The van der Waals surface area contributed by atoms with Gasteiger partial charge in [0.05, 0.1) is 0 Å². The number of hydrogen-bond donors (Lipinski definition) is 0. The van der Waals surface area contributed by atoms with Crippen LogP contribution in [0.2, 0.25) is 0 Å². The van der Waals surface area contributed by atoms with Crippen molar-refractivity contribution < 1.29 is 0 Å². The van der Waals surface area contributed by atoms with E-state index in [1.54, 1.807) is 0 Å². The Hall–Kier alpha value is 1.44. The molecule has 0 amide bonds. The highest BCUT2D eigenvalue weighted by Crippen LogP contribution is 2.45. The average molecular weight is 322 g/mol. The highest BCUT2D eigenvalue weighted by molar-refractivity contribution is 9.39. The van der Waals surface area contributed by atoms with Gasteiger partial charge in [-0.05, 0) is 5.92 Å². The topological polar surface area (TPSA) is 0 Å². The first kappa shape index (κ1) is 10.4. The number of halogens is 3. The number of rotatable bonds is 1. The van der Waals surface area contributed by atoms with Gasteiger partial charge in [0.2, 0.25) is 0 Å². The summed E-state index contributed by atoms with van der Waals surface area (Å²) < 4.78 is -0.166. The molecule has 0 nitrogen and oxygen atoms in total. The summed E-state index contributed by atoms with van der Waals surface area (Å²) >= 11 is 10.3. The van der Waals surface area contributed by atoms with Gasteiger partial charge < -0.3 is 0 Å². The quantitative estimate of drug-likeness (QED) is 0.639. The normalized spacial score (nSPS) is 13.3. The lowest BCUT2D eigenvalue weighted by molar-refractivity contribution is 0.661. The van der Waals surface area contributed by atoms with E-state index in [1.165, 1.54) is 5.92 Å². The molecule has 0 saturated heterocycles. The Bertz CT molecular complexity index is 82.8. The van der Waals surface area contributed by atoms with Gasteiger partial charge in [-0.1, -0.05) is 68.6 Å². The molecule has 0 N–H and O–H groups in total. The average Bonchev–Trinajstić information content (AvgIpc) is 1.62. The fraction of sp³-hybridized carbons (Fsp3) is 0.833. The lowest BCUT2D eigenvalue weighted by atomic mass is 10.0. The maximum atomic E-state index is 3.44. The van der Waals surface area contributed by atoms with E-state index < -0.39 is 0 Å². The minimum atomic E-state index is -0.166. The van der Waals surface area contributed by atoms with Crippen LogP contribution < -0.4 is 0 Å². The van der Waals surface area contributed by atoms with Gasteiger partial charge >= 0.3 is 0 Å². The first-order valence-corrected chi connectivity index (χ1v) is 5.14. The van der Waals surface area contributed by atoms with Crippen LogP contribution >= 0.6 is 47.8 Å². The maximum Gasteiger partial charge on any atom is 0.141 e. The fourth-order valence-corrected chi connectivity index (χ4v) is 1.70. The minimum Gasteiger partial charge on any atom is -0.0621 e. The Morgan fingerprint density at radius 1 is 1.22 bits per heavy atom. The SMILES string of the molecule is C[C](C(C)C)C(Br)(Br)Br. The third-order valence-electron chi connectivity index (χ3n) is 1.31. The van der Waals surface area contributed by atoms with Crippen LogP contribution in [0.15, 0.2) is 0 Å². The zero-order valence-corrected chi connectivity index (χ0v) is 10.5. The fourth-order valence-electron chi connectivity index (χ4n) is 0.327. The molecule has 0 fully saturated rings. The van der Waals surface area contributed by atoms with E-state index in [4.69, 9.17) is 0 Å². The van der Waals surface area contributed by atoms with E-state index in [2.05, 4.69) is 68.6 Å². The van der Waals surface area contributed by atoms with E-state index in [9.17, 15) is 0 Å². The van der Waals surface area contributed by atoms with E-state index in [0.717, 1.165) is 0 Å². The summed E-state index contributed by atoms with van der Waals surface area (Å²) in [5.41, 5.74) is 0. The van der Waals surface area contributed by atoms with Crippen LogP contribution in [-0.2, 0) is 0 Å². The number of hydrogen-bond acceptors (Lipinski definition) is 0. The molecule has 0 bridgehead atoms. The molecule has 55 valence electrons. The summed E-state index contributed by atoms with van der Waals surface area (Å²) in [4.78, 5) is 0. The molecule has 0 heterocycles. The molecule has 0 aromatic rings. The smallest absolute Gasteiger partial charge is 0.0621 e. The van der Waals surface area contributed by atoms with Crippen molar-refractivity contribution in [2.45, 2.75) is 22.9 Å². The van der Waals surface area contributed by atoms with Gasteiger partial charge in [-0.2, -0.15) is 0 Å². The summed E-state index contributed by atoms with van der Waals surface area (Å²) in [7, 11) is 0. The second-order valence-corrected chi connectivity index (χ2v) is 9.10. The first-order chi connectivity index (χ1) is 3.85. The molecule has 0 aliphatic rings. The second kappa shape index (κ2) is 3.72. The summed E-state index contributed by atoms with van der Waals surface area (Å²) in [5, 5.41) is 0. The van der Waals surface area contributed by atoms with Crippen LogP contribution in [0.5, 0.6) is 0 Å². The molecule has 0 aliphatic heterocycles. The third-order valence-corrected chi connectivity index (χ3v) is 3.19. The molecule has 1 radical (unpaired) electrons. The molecule has 3 heteroatoms. The van der Waals surface area contributed by atoms with Crippen molar-refractivity contribution in [2.24, 2.45) is 5.92 Å². The predicted molar refractivity (Wildman–Crippen MR) is 53.3 cm³/mol. The van der Waals surface area contributed by atoms with Crippen LogP contribution in [-0.4, -0.2) is 2.14 Å². The Morgan fingerprint density at radius 2 is 1.56 bits per heavy atom. The van der Waals surface area contributed by atoms with Crippen molar-refractivity contribution >= 4 is 47.8 Å². The monoisotopic (exact) mass is 319 g/mol. The molecule has 0 aromatic carbocycles. The molecule has 9 heavy (non-hydrogen) atoms. The van der Waals surface area contributed by atoms with Gasteiger partial charge in [0.1, 0.15) is 2.14 Å². The van der Waals surface area contributed by atoms with Crippen LogP contribution in [0.1, 0.15) is 20.8 Å². The summed E-state index contributed by atoms with van der Waals surface area (Å²) in [5.74, 6) is 1.92. The Kier molecular flexibility index (Phi) is 4.32. The minimum absolute atomic E-state index is 0.166. The van der Waals surface area contributed by atoms with Crippen LogP contribution in [0.4, 0.5) is 0 Å².